The standard InChI is InChI=1S/C20H20FN3O2S/c1-4-6-17(14-7-5-8-16(21)11-14)15-9-10-18-19(12-15)24(20(22)23-18)27(25,26)13(2)3/h1,5-13,20,23H,22H2,2-3H3/b17-6-. The van der Waals surface area contributed by atoms with Gasteiger partial charge in [0.25, 0.3) is 0 Å². The quantitative estimate of drug-likeness (QED) is 0.793. The van der Waals surface area contributed by atoms with Gasteiger partial charge in [-0.3, -0.25) is 5.73 Å². The summed E-state index contributed by atoms with van der Waals surface area (Å²) < 4.78 is 40.3. The van der Waals surface area contributed by atoms with Gasteiger partial charge in [0.2, 0.25) is 10.0 Å². The number of halogens is 1. The Labute approximate surface area is 158 Å². The van der Waals surface area contributed by atoms with Crippen molar-refractivity contribution in [2.45, 2.75) is 25.4 Å². The van der Waals surface area contributed by atoms with Crippen molar-refractivity contribution in [1.29, 1.82) is 0 Å². The van der Waals surface area contributed by atoms with Crippen molar-refractivity contribution in [2.24, 2.45) is 5.73 Å². The third-order valence-corrected chi connectivity index (χ3v) is 6.50. The Kier molecular flexibility index (Phi) is 4.96. The minimum absolute atomic E-state index is 0.385. The highest BCUT2D eigenvalue weighted by Crippen LogP contribution is 2.39. The Morgan fingerprint density at radius 2 is 2.00 bits per heavy atom. The van der Waals surface area contributed by atoms with Crippen LogP contribution in [0.3, 0.4) is 0 Å². The van der Waals surface area contributed by atoms with Gasteiger partial charge in [0.15, 0.2) is 6.29 Å². The lowest BCUT2D eigenvalue weighted by atomic mass is 9.97. The number of rotatable bonds is 4. The van der Waals surface area contributed by atoms with E-state index in [1.54, 1.807) is 44.2 Å². The lowest BCUT2D eigenvalue weighted by Crippen LogP contribution is -2.49. The number of anilines is 2. The first-order chi connectivity index (χ1) is 12.8. The van der Waals surface area contributed by atoms with E-state index in [1.807, 2.05) is 0 Å². The van der Waals surface area contributed by atoms with Crippen LogP contribution in [0, 0.1) is 18.2 Å². The number of sulfonamides is 1. The number of allylic oxidation sites excluding steroid dienone is 1. The van der Waals surface area contributed by atoms with Crippen LogP contribution >= 0.6 is 0 Å². The summed E-state index contributed by atoms with van der Waals surface area (Å²) in [4.78, 5) is 0. The molecule has 0 saturated carbocycles. The molecule has 0 aromatic heterocycles. The fraction of sp³-hybridized carbons (Fsp3) is 0.200. The van der Waals surface area contributed by atoms with Crippen molar-refractivity contribution in [3.05, 3.63) is 65.5 Å². The molecule has 1 aliphatic heterocycles. The van der Waals surface area contributed by atoms with Crippen LogP contribution in [0.4, 0.5) is 15.8 Å². The van der Waals surface area contributed by atoms with E-state index in [9.17, 15) is 12.8 Å². The number of benzene rings is 2. The fourth-order valence-electron chi connectivity index (χ4n) is 2.97. The van der Waals surface area contributed by atoms with Crippen molar-refractivity contribution in [2.75, 3.05) is 9.62 Å². The number of hydrogen-bond donors (Lipinski definition) is 2. The molecule has 3 N–H and O–H groups in total. The highest BCUT2D eigenvalue weighted by atomic mass is 32.2. The highest BCUT2D eigenvalue weighted by Gasteiger charge is 2.37. The van der Waals surface area contributed by atoms with Crippen LogP contribution in [0.25, 0.3) is 5.57 Å². The van der Waals surface area contributed by atoms with E-state index in [1.165, 1.54) is 22.5 Å². The SMILES string of the molecule is C#C/C=C(/c1cccc(F)c1)c1ccc2c(c1)N(S(=O)(=O)C(C)C)C(N)N2. The maximum Gasteiger partial charge on any atom is 0.240 e. The van der Waals surface area contributed by atoms with E-state index < -0.39 is 21.6 Å². The monoisotopic (exact) mass is 385 g/mol. The summed E-state index contributed by atoms with van der Waals surface area (Å²) in [5, 5.41) is 2.32. The summed E-state index contributed by atoms with van der Waals surface area (Å²) in [6.45, 7) is 3.20. The van der Waals surface area contributed by atoms with E-state index in [2.05, 4.69) is 11.2 Å². The lowest BCUT2D eigenvalue weighted by molar-refractivity contribution is 0.577. The van der Waals surface area contributed by atoms with Crippen molar-refractivity contribution in [3.63, 3.8) is 0 Å². The smallest absolute Gasteiger partial charge is 0.240 e. The Morgan fingerprint density at radius 1 is 1.30 bits per heavy atom. The Bertz CT molecular complexity index is 1060. The van der Waals surface area contributed by atoms with Crippen LogP contribution in [-0.2, 0) is 10.0 Å². The fourth-order valence-corrected chi connectivity index (χ4v) is 4.22. The van der Waals surface area contributed by atoms with Gasteiger partial charge in [-0.15, -0.1) is 6.42 Å². The molecule has 5 nitrogen and oxygen atoms in total. The number of nitrogens with one attached hydrogen (secondary N) is 1. The van der Waals surface area contributed by atoms with Crippen LogP contribution in [0.15, 0.2) is 48.5 Å². The van der Waals surface area contributed by atoms with Gasteiger partial charge in [-0.05, 0) is 60.9 Å². The summed E-state index contributed by atoms with van der Waals surface area (Å²) in [6, 6.07) is 11.3. The van der Waals surface area contributed by atoms with Crippen LogP contribution in [0.1, 0.15) is 25.0 Å². The van der Waals surface area contributed by atoms with E-state index in [4.69, 9.17) is 12.2 Å². The third-order valence-electron chi connectivity index (χ3n) is 4.34. The van der Waals surface area contributed by atoms with Crippen LogP contribution in [0.5, 0.6) is 0 Å². The molecule has 0 aliphatic carbocycles. The molecule has 0 fully saturated rings. The highest BCUT2D eigenvalue weighted by molar-refractivity contribution is 7.93. The zero-order valence-electron chi connectivity index (χ0n) is 15.0. The van der Waals surface area contributed by atoms with Crippen molar-refractivity contribution in [3.8, 4) is 12.3 Å². The van der Waals surface area contributed by atoms with Gasteiger partial charge in [-0.1, -0.05) is 24.1 Å². The van der Waals surface area contributed by atoms with Crippen LogP contribution in [-0.4, -0.2) is 20.0 Å². The molecule has 1 unspecified atom stereocenters. The number of nitrogens with zero attached hydrogens (tertiary/aromatic N) is 1. The second-order valence-electron chi connectivity index (χ2n) is 6.45. The first kappa shape index (κ1) is 19.0. The molecule has 1 aliphatic rings. The van der Waals surface area contributed by atoms with Gasteiger partial charge in [-0.2, -0.15) is 0 Å². The second-order valence-corrected chi connectivity index (χ2v) is 8.81. The van der Waals surface area contributed by atoms with Crippen molar-refractivity contribution < 1.29 is 12.8 Å². The zero-order chi connectivity index (χ0) is 19.8. The second kappa shape index (κ2) is 7.06. The molecule has 1 atom stereocenters. The summed E-state index contributed by atoms with van der Waals surface area (Å²) in [6.07, 6.45) is 6.09. The molecule has 7 heteroatoms. The number of fused-ring (bicyclic) bond motifs is 1. The van der Waals surface area contributed by atoms with E-state index in [-0.39, 0.29) is 5.82 Å². The summed E-state index contributed by atoms with van der Waals surface area (Å²) in [5.41, 5.74) is 8.93. The molecule has 1 heterocycles. The first-order valence-corrected chi connectivity index (χ1v) is 9.88. The van der Waals surface area contributed by atoms with Crippen LogP contribution < -0.4 is 15.4 Å². The molecule has 2 aromatic rings. The Morgan fingerprint density at radius 3 is 2.63 bits per heavy atom. The van der Waals surface area contributed by atoms with E-state index in [0.29, 0.717) is 28.1 Å². The van der Waals surface area contributed by atoms with E-state index >= 15 is 0 Å². The van der Waals surface area contributed by atoms with Gasteiger partial charge < -0.3 is 5.32 Å². The summed E-state index contributed by atoms with van der Waals surface area (Å²) in [7, 11) is -3.64. The molecule has 0 amide bonds. The molecule has 0 radical (unpaired) electrons. The first-order valence-electron chi connectivity index (χ1n) is 8.37. The summed E-state index contributed by atoms with van der Waals surface area (Å²) >= 11 is 0. The Balaban J connectivity index is 2.14. The molecule has 3 rings (SSSR count). The molecule has 2 aromatic carbocycles. The number of hydrogen-bond acceptors (Lipinski definition) is 4. The zero-order valence-corrected chi connectivity index (χ0v) is 15.8. The molecule has 0 saturated heterocycles. The third kappa shape index (κ3) is 3.42. The van der Waals surface area contributed by atoms with Gasteiger partial charge in [-0.25, -0.2) is 17.1 Å². The largest absolute Gasteiger partial charge is 0.351 e. The molecule has 140 valence electrons. The summed E-state index contributed by atoms with van der Waals surface area (Å²) in [5.74, 6) is 2.08. The molecule has 0 spiro atoms. The van der Waals surface area contributed by atoms with Crippen LogP contribution in [0.2, 0.25) is 0 Å². The lowest BCUT2D eigenvalue weighted by Gasteiger charge is -2.25. The predicted octanol–water partition coefficient (Wildman–Crippen LogP) is 3.10. The average Bonchev–Trinajstić information content (AvgIpc) is 2.95. The molecule has 0 bridgehead atoms. The maximum atomic E-state index is 13.7. The normalized spacial score (nSPS) is 16.8. The molecular formula is C20H20FN3O2S. The number of nitrogens with two attached hydrogens (primary N) is 1. The molecular weight excluding hydrogens is 365 g/mol. The Hall–Kier alpha value is -2.82. The maximum absolute atomic E-state index is 13.7. The minimum Gasteiger partial charge on any atom is -0.351 e. The van der Waals surface area contributed by atoms with Crippen molar-refractivity contribution in [1.82, 2.24) is 0 Å². The van der Waals surface area contributed by atoms with Gasteiger partial charge in [0.05, 0.1) is 16.6 Å². The minimum atomic E-state index is -3.64. The topological polar surface area (TPSA) is 75.4 Å². The average molecular weight is 385 g/mol. The van der Waals surface area contributed by atoms with E-state index in [0.717, 1.165) is 0 Å². The predicted molar refractivity (Wildman–Crippen MR) is 107 cm³/mol. The van der Waals surface area contributed by atoms with Gasteiger partial charge >= 0.3 is 0 Å². The molecule has 27 heavy (non-hydrogen) atoms. The van der Waals surface area contributed by atoms with Crippen molar-refractivity contribution >= 4 is 27.0 Å². The number of terminal acetylenes is 1. The van der Waals surface area contributed by atoms with Gasteiger partial charge in [0.1, 0.15) is 5.82 Å². The van der Waals surface area contributed by atoms with Gasteiger partial charge in [0, 0.05) is 0 Å².